The van der Waals surface area contributed by atoms with Gasteiger partial charge in [0.05, 0.1) is 17.0 Å². The lowest BCUT2D eigenvalue weighted by Gasteiger charge is -2.39. The van der Waals surface area contributed by atoms with Crippen LogP contribution in [0.1, 0.15) is 73.3 Å². The van der Waals surface area contributed by atoms with Crippen molar-refractivity contribution in [3.05, 3.63) is 51.6 Å². The maximum absolute atomic E-state index is 13.7. The van der Waals surface area contributed by atoms with E-state index in [0.717, 1.165) is 25.8 Å². The summed E-state index contributed by atoms with van der Waals surface area (Å²) in [6, 6.07) is 5.05. The Morgan fingerprint density at radius 1 is 1.12 bits per heavy atom. The normalized spacial score (nSPS) is 18.0. The minimum atomic E-state index is -0.689. The molecule has 1 aromatic carbocycles. The molecule has 1 heterocycles. The van der Waals surface area contributed by atoms with Crippen LogP contribution in [0.3, 0.4) is 0 Å². The molecular formula is C30H47N5O5. The average molecular weight is 558 g/mol. The van der Waals surface area contributed by atoms with Crippen LogP contribution in [0.2, 0.25) is 0 Å². The second-order valence-corrected chi connectivity index (χ2v) is 11.7. The van der Waals surface area contributed by atoms with E-state index in [1.807, 2.05) is 27.7 Å². The lowest BCUT2D eigenvalue weighted by atomic mass is 9.95. The van der Waals surface area contributed by atoms with Gasteiger partial charge in [-0.15, -0.1) is 0 Å². The summed E-state index contributed by atoms with van der Waals surface area (Å²) in [6.45, 7) is 14.7. The number of carbonyl (C=O) groups excluding carboxylic acids is 3. The molecule has 1 aliphatic rings. The predicted octanol–water partition coefficient (Wildman–Crippen LogP) is 4.04. The number of benzene rings is 1. The van der Waals surface area contributed by atoms with E-state index in [2.05, 4.69) is 29.4 Å². The Kier molecular flexibility index (Phi) is 12.3. The first-order valence-electron chi connectivity index (χ1n) is 14.3. The molecule has 1 fully saturated rings. The van der Waals surface area contributed by atoms with Crippen molar-refractivity contribution in [1.29, 1.82) is 0 Å². The van der Waals surface area contributed by atoms with Gasteiger partial charge in [-0.1, -0.05) is 52.3 Å². The maximum atomic E-state index is 13.7. The molecule has 222 valence electrons. The third-order valence-electron chi connectivity index (χ3n) is 7.57. The first-order chi connectivity index (χ1) is 18.7. The van der Waals surface area contributed by atoms with Gasteiger partial charge in [-0.25, -0.2) is 0 Å². The van der Waals surface area contributed by atoms with Crippen LogP contribution < -0.4 is 10.6 Å². The molecule has 0 aromatic heterocycles. The largest absolute Gasteiger partial charge is 0.348 e. The van der Waals surface area contributed by atoms with Crippen molar-refractivity contribution in [2.24, 2.45) is 11.8 Å². The van der Waals surface area contributed by atoms with E-state index in [1.165, 1.54) is 12.1 Å². The number of likely N-dealkylation sites (tertiary alicyclic amines) is 1. The summed E-state index contributed by atoms with van der Waals surface area (Å²) >= 11 is 0. The molecule has 1 aliphatic heterocycles. The van der Waals surface area contributed by atoms with E-state index in [-0.39, 0.29) is 59.9 Å². The average Bonchev–Trinajstić information content (AvgIpc) is 2.91. The maximum Gasteiger partial charge on any atom is 0.269 e. The monoisotopic (exact) mass is 557 g/mol. The number of non-ortho nitro benzene ring substituents is 1. The Bertz CT molecular complexity index is 1080. The molecule has 0 aliphatic carbocycles. The number of nitrogens with zero attached hydrogens (tertiary/aromatic N) is 3. The van der Waals surface area contributed by atoms with Gasteiger partial charge in [0.2, 0.25) is 17.7 Å². The summed E-state index contributed by atoms with van der Waals surface area (Å²) in [5.74, 6) is -0.743. The highest BCUT2D eigenvalue weighted by Gasteiger charge is 2.36. The van der Waals surface area contributed by atoms with E-state index in [1.54, 1.807) is 37.1 Å². The fourth-order valence-electron chi connectivity index (χ4n) is 5.17. The minimum Gasteiger partial charge on any atom is -0.348 e. The fourth-order valence-corrected chi connectivity index (χ4v) is 5.17. The summed E-state index contributed by atoms with van der Waals surface area (Å²) in [7, 11) is 1.71. The Hall–Kier alpha value is -3.27. The first kappa shape index (κ1) is 32.9. The van der Waals surface area contributed by atoms with Crippen molar-refractivity contribution in [3.63, 3.8) is 0 Å². The lowest BCUT2D eigenvalue weighted by Crippen LogP contribution is -2.58. The predicted molar refractivity (Wildman–Crippen MR) is 156 cm³/mol. The van der Waals surface area contributed by atoms with Gasteiger partial charge >= 0.3 is 0 Å². The van der Waals surface area contributed by atoms with Crippen LogP contribution in [-0.4, -0.2) is 70.2 Å². The first-order valence-corrected chi connectivity index (χ1v) is 14.3. The van der Waals surface area contributed by atoms with E-state index in [0.29, 0.717) is 11.1 Å². The number of nitrogens with one attached hydrogen (secondary N) is 2. The second-order valence-electron chi connectivity index (χ2n) is 11.7. The van der Waals surface area contributed by atoms with Gasteiger partial charge < -0.3 is 15.5 Å². The number of likely N-dealkylation sites (N-methyl/N-ethyl adjacent to an activating group) is 1. The van der Waals surface area contributed by atoms with Crippen LogP contribution in [0.25, 0.3) is 0 Å². The highest BCUT2D eigenvalue weighted by atomic mass is 16.6. The molecule has 10 heteroatoms. The molecule has 3 amide bonds. The molecule has 2 N–H and O–H groups in total. The van der Waals surface area contributed by atoms with Crippen molar-refractivity contribution in [2.75, 3.05) is 13.6 Å². The number of carbonyl (C=O) groups is 3. The number of hydrogen-bond donors (Lipinski definition) is 2. The van der Waals surface area contributed by atoms with Crippen molar-refractivity contribution < 1.29 is 19.3 Å². The van der Waals surface area contributed by atoms with Crippen molar-refractivity contribution in [1.82, 2.24) is 20.4 Å². The molecule has 2 rings (SSSR count). The summed E-state index contributed by atoms with van der Waals surface area (Å²) in [5, 5.41) is 16.9. The van der Waals surface area contributed by atoms with E-state index < -0.39 is 11.0 Å². The highest BCUT2D eigenvalue weighted by Crippen LogP contribution is 2.21. The van der Waals surface area contributed by atoms with E-state index in [9.17, 15) is 24.5 Å². The Morgan fingerprint density at radius 2 is 1.80 bits per heavy atom. The van der Waals surface area contributed by atoms with Crippen LogP contribution in [-0.2, 0) is 20.9 Å². The lowest BCUT2D eigenvalue weighted by molar-refractivity contribution is -0.384. The second kappa shape index (κ2) is 14.9. The number of rotatable bonds is 12. The van der Waals surface area contributed by atoms with Crippen LogP contribution in [0.15, 0.2) is 35.9 Å². The molecule has 0 bridgehead atoms. The Labute approximate surface area is 238 Å². The molecule has 1 saturated heterocycles. The van der Waals surface area contributed by atoms with Crippen molar-refractivity contribution in [2.45, 2.75) is 98.4 Å². The summed E-state index contributed by atoms with van der Waals surface area (Å²) in [5.41, 5.74) is 1.02. The molecule has 0 unspecified atom stereocenters. The van der Waals surface area contributed by atoms with E-state index in [4.69, 9.17) is 0 Å². The SMILES string of the molecule is CC(=C[C@H](C(C)C)N(C)C(=O)[C@@H](NC(=O)[C@H]1CCCCN1C(C)C)C(C)C)C(=O)NCc1cccc([N+](=O)[O-])c1. The van der Waals surface area contributed by atoms with Crippen LogP contribution in [0, 0.1) is 22.0 Å². The Morgan fingerprint density at radius 3 is 2.38 bits per heavy atom. The van der Waals surface area contributed by atoms with Crippen molar-refractivity contribution in [3.8, 4) is 0 Å². The summed E-state index contributed by atoms with van der Waals surface area (Å²) in [6.07, 6.45) is 4.61. The molecule has 10 nitrogen and oxygen atoms in total. The van der Waals surface area contributed by atoms with Gasteiger partial charge in [0, 0.05) is 37.3 Å². The zero-order valence-corrected chi connectivity index (χ0v) is 25.3. The highest BCUT2D eigenvalue weighted by molar-refractivity contribution is 5.93. The molecule has 3 atom stereocenters. The number of amides is 3. The minimum absolute atomic E-state index is 0.00626. The van der Waals surface area contributed by atoms with E-state index >= 15 is 0 Å². The van der Waals surface area contributed by atoms with Gasteiger partial charge in [-0.3, -0.25) is 29.4 Å². The topological polar surface area (TPSA) is 125 Å². The molecule has 0 spiro atoms. The molecule has 0 saturated carbocycles. The van der Waals surface area contributed by atoms with Crippen LogP contribution in [0.4, 0.5) is 5.69 Å². The quantitative estimate of drug-likeness (QED) is 0.227. The number of nitro groups is 1. The van der Waals surface area contributed by atoms with Crippen LogP contribution >= 0.6 is 0 Å². The third kappa shape index (κ3) is 8.87. The zero-order chi connectivity index (χ0) is 30.1. The van der Waals surface area contributed by atoms with Gasteiger partial charge in [-0.2, -0.15) is 0 Å². The van der Waals surface area contributed by atoms with Gasteiger partial charge in [0.25, 0.3) is 5.69 Å². The molecule has 0 radical (unpaired) electrons. The standard InChI is InChI=1S/C30H47N5O5/c1-19(2)26(16-22(7)28(36)31-18-23-12-11-13-24(17-23)35(39)40)33(8)30(38)27(20(3)4)32-29(37)25-14-9-10-15-34(25)21(5)6/h11-13,16-17,19-21,25-27H,9-10,14-15,18H2,1-8H3,(H,31,36)(H,32,37)/t25-,26-,27+/m1/s1. The number of nitro benzene ring substituents is 1. The number of piperidine rings is 1. The molecular weight excluding hydrogens is 510 g/mol. The fraction of sp³-hybridized carbons (Fsp3) is 0.633. The van der Waals surface area contributed by atoms with Crippen LogP contribution in [0.5, 0.6) is 0 Å². The van der Waals surface area contributed by atoms with Crippen molar-refractivity contribution >= 4 is 23.4 Å². The van der Waals surface area contributed by atoms with Gasteiger partial charge in [-0.05, 0) is 57.6 Å². The summed E-state index contributed by atoms with van der Waals surface area (Å²) in [4.78, 5) is 54.3. The summed E-state index contributed by atoms with van der Waals surface area (Å²) < 4.78 is 0. The molecule has 40 heavy (non-hydrogen) atoms. The van der Waals surface area contributed by atoms with Gasteiger partial charge in [0.15, 0.2) is 0 Å². The zero-order valence-electron chi connectivity index (χ0n) is 25.3. The Balaban J connectivity index is 2.14. The molecule has 1 aromatic rings. The smallest absolute Gasteiger partial charge is 0.269 e. The van der Waals surface area contributed by atoms with Gasteiger partial charge in [0.1, 0.15) is 6.04 Å². The number of hydrogen-bond acceptors (Lipinski definition) is 6. The third-order valence-corrected chi connectivity index (χ3v) is 7.57.